The number of hydrogen-bond donors (Lipinski definition) is 1. The lowest BCUT2D eigenvalue weighted by molar-refractivity contribution is -0.133. The van der Waals surface area contributed by atoms with Crippen LogP contribution in [0.2, 0.25) is 0 Å². The maximum atomic E-state index is 12.6. The molecular formula is C18H27N3O4S. The van der Waals surface area contributed by atoms with Crippen LogP contribution in [0.25, 0.3) is 0 Å². The number of carbonyl (C=O) groups excluding carboxylic acids is 2. The normalized spacial score (nSPS) is 15.9. The predicted octanol–water partition coefficient (Wildman–Crippen LogP) is 1.30. The van der Waals surface area contributed by atoms with E-state index in [9.17, 15) is 18.0 Å². The molecule has 0 spiro atoms. The Bertz CT molecular complexity index is 751. The third kappa shape index (κ3) is 4.97. The minimum atomic E-state index is -3.60. The second-order valence-electron chi connectivity index (χ2n) is 7.07. The van der Waals surface area contributed by atoms with Gasteiger partial charge in [0.05, 0.1) is 11.9 Å². The summed E-state index contributed by atoms with van der Waals surface area (Å²) in [5.41, 5.74) is 6.87. The van der Waals surface area contributed by atoms with Crippen LogP contribution in [0.3, 0.4) is 0 Å². The van der Waals surface area contributed by atoms with Crippen molar-refractivity contribution < 1.29 is 18.0 Å². The summed E-state index contributed by atoms with van der Waals surface area (Å²) in [6, 6.07) is 7.20. The van der Waals surface area contributed by atoms with Crippen molar-refractivity contribution in [2.45, 2.75) is 32.6 Å². The summed E-state index contributed by atoms with van der Waals surface area (Å²) in [7, 11) is -3.60. The highest BCUT2D eigenvalue weighted by molar-refractivity contribution is 7.92. The average molecular weight is 381 g/mol. The van der Waals surface area contributed by atoms with Crippen molar-refractivity contribution in [2.75, 3.05) is 30.2 Å². The molecule has 0 unspecified atom stereocenters. The summed E-state index contributed by atoms with van der Waals surface area (Å²) >= 11 is 0. The maximum absolute atomic E-state index is 12.6. The predicted molar refractivity (Wildman–Crippen MR) is 101 cm³/mol. The Balaban J connectivity index is 2.11. The fourth-order valence-electron chi connectivity index (χ4n) is 3.06. The molecule has 1 fully saturated rings. The number of sulfonamides is 1. The number of piperidine rings is 1. The number of nitrogens with zero attached hydrogens (tertiary/aromatic N) is 2. The van der Waals surface area contributed by atoms with Gasteiger partial charge in [0.1, 0.15) is 6.54 Å². The summed E-state index contributed by atoms with van der Waals surface area (Å²) in [4.78, 5) is 25.4. The van der Waals surface area contributed by atoms with E-state index < -0.39 is 10.0 Å². The molecule has 2 N–H and O–H groups in total. The van der Waals surface area contributed by atoms with Gasteiger partial charge in [0, 0.05) is 19.0 Å². The molecule has 1 aromatic carbocycles. The van der Waals surface area contributed by atoms with Gasteiger partial charge in [-0.05, 0) is 36.5 Å². The highest BCUT2D eigenvalue weighted by Gasteiger charge is 2.28. The van der Waals surface area contributed by atoms with Gasteiger partial charge < -0.3 is 10.6 Å². The van der Waals surface area contributed by atoms with E-state index in [4.69, 9.17) is 5.73 Å². The third-order valence-electron chi connectivity index (χ3n) is 4.78. The third-order valence-corrected chi connectivity index (χ3v) is 5.92. The van der Waals surface area contributed by atoms with Gasteiger partial charge in [-0.2, -0.15) is 0 Å². The van der Waals surface area contributed by atoms with Crippen molar-refractivity contribution in [3.63, 3.8) is 0 Å². The molecule has 144 valence electrons. The lowest BCUT2D eigenvalue weighted by atomic mass is 9.96. The van der Waals surface area contributed by atoms with Crippen LogP contribution in [0.1, 0.15) is 38.2 Å². The Kier molecular flexibility index (Phi) is 6.28. The van der Waals surface area contributed by atoms with Crippen LogP contribution in [0.15, 0.2) is 24.3 Å². The van der Waals surface area contributed by atoms with Crippen LogP contribution in [0.5, 0.6) is 0 Å². The molecule has 0 bridgehead atoms. The lowest BCUT2D eigenvalue weighted by Crippen LogP contribution is -2.47. The number of rotatable bonds is 6. The minimum Gasteiger partial charge on any atom is -0.369 e. The number of likely N-dealkylation sites (tertiary alicyclic amines) is 1. The molecule has 1 saturated heterocycles. The molecule has 2 rings (SSSR count). The van der Waals surface area contributed by atoms with Crippen molar-refractivity contribution in [3.8, 4) is 0 Å². The molecule has 1 aromatic rings. The first kappa shape index (κ1) is 20.2. The zero-order valence-corrected chi connectivity index (χ0v) is 16.3. The molecule has 7 nitrogen and oxygen atoms in total. The molecule has 0 aliphatic carbocycles. The van der Waals surface area contributed by atoms with E-state index >= 15 is 0 Å². The Labute approximate surface area is 155 Å². The number of primary amides is 1. The van der Waals surface area contributed by atoms with Gasteiger partial charge in [-0.15, -0.1) is 0 Å². The zero-order valence-electron chi connectivity index (χ0n) is 15.5. The van der Waals surface area contributed by atoms with Gasteiger partial charge in [-0.25, -0.2) is 8.42 Å². The Morgan fingerprint density at radius 3 is 2.15 bits per heavy atom. The van der Waals surface area contributed by atoms with Crippen LogP contribution < -0.4 is 10.0 Å². The quantitative estimate of drug-likeness (QED) is 0.802. The summed E-state index contributed by atoms with van der Waals surface area (Å²) in [5.74, 6) is -0.496. The first-order chi connectivity index (χ1) is 12.1. The molecule has 0 saturated carbocycles. The van der Waals surface area contributed by atoms with Gasteiger partial charge in [0.2, 0.25) is 21.8 Å². The van der Waals surface area contributed by atoms with Gasteiger partial charge >= 0.3 is 0 Å². The van der Waals surface area contributed by atoms with E-state index in [1.54, 1.807) is 17.0 Å². The van der Waals surface area contributed by atoms with Crippen molar-refractivity contribution in [1.82, 2.24) is 4.90 Å². The highest BCUT2D eigenvalue weighted by Crippen LogP contribution is 2.23. The van der Waals surface area contributed by atoms with Gasteiger partial charge in [-0.3, -0.25) is 13.9 Å². The fourth-order valence-corrected chi connectivity index (χ4v) is 3.91. The first-order valence-corrected chi connectivity index (χ1v) is 10.6. The summed E-state index contributed by atoms with van der Waals surface area (Å²) in [5, 5.41) is 0. The standard InChI is InChI=1S/C18H27N3O4S/c1-13(2)14-4-6-16(7-5-14)21(26(3,24)25)12-17(22)20-10-8-15(9-11-20)18(19)23/h4-7,13,15H,8-12H2,1-3H3,(H2,19,23). The van der Waals surface area contributed by atoms with E-state index in [0.29, 0.717) is 37.5 Å². The van der Waals surface area contributed by atoms with Crippen LogP contribution in [-0.2, 0) is 19.6 Å². The van der Waals surface area contributed by atoms with Crippen molar-refractivity contribution >= 4 is 27.5 Å². The van der Waals surface area contributed by atoms with Gasteiger partial charge in [0.15, 0.2) is 0 Å². The molecular weight excluding hydrogens is 354 g/mol. The van der Waals surface area contributed by atoms with E-state index in [2.05, 4.69) is 13.8 Å². The van der Waals surface area contributed by atoms with Crippen LogP contribution >= 0.6 is 0 Å². The number of anilines is 1. The molecule has 1 aliphatic rings. The molecule has 2 amide bonds. The Hall–Kier alpha value is -2.09. The molecule has 26 heavy (non-hydrogen) atoms. The number of amides is 2. The summed E-state index contributed by atoms with van der Waals surface area (Å²) in [6.45, 7) is 4.69. The van der Waals surface area contributed by atoms with Crippen molar-refractivity contribution in [1.29, 1.82) is 0 Å². The SMILES string of the molecule is CC(C)c1ccc(N(CC(=O)N2CCC(C(N)=O)CC2)S(C)(=O)=O)cc1. The number of hydrogen-bond acceptors (Lipinski definition) is 4. The van der Waals surface area contributed by atoms with E-state index in [1.165, 1.54) is 0 Å². The molecule has 1 heterocycles. The van der Waals surface area contributed by atoms with E-state index in [1.807, 2.05) is 12.1 Å². The van der Waals surface area contributed by atoms with E-state index in [0.717, 1.165) is 16.1 Å². The monoisotopic (exact) mass is 381 g/mol. The topological polar surface area (TPSA) is 101 Å². The molecule has 0 radical (unpaired) electrons. The number of nitrogens with two attached hydrogens (primary N) is 1. The van der Waals surface area contributed by atoms with Crippen molar-refractivity contribution in [3.05, 3.63) is 29.8 Å². The molecule has 1 aliphatic heterocycles. The number of carbonyl (C=O) groups is 2. The maximum Gasteiger partial charge on any atom is 0.243 e. The van der Waals surface area contributed by atoms with Gasteiger partial charge in [0.25, 0.3) is 0 Å². The summed E-state index contributed by atoms with van der Waals surface area (Å²) < 4.78 is 25.5. The second-order valence-corrected chi connectivity index (χ2v) is 8.98. The Morgan fingerprint density at radius 1 is 1.19 bits per heavy atom. The average Bonchev–Trinajstić information content (AvgIpc) is 2.58. The zero-order chi connectivity index (χ0) is 19.5. The van der Waals surface area contributed by atoms with Crippen LogP contribution in [0, 0.1) is 5.92 Å². The van der Waals surface area contributed by atoms with Crippen LogP contribution in [0.4, 0.5) is 5.69 Å². The Morgan fingerprint density at radius 2 is 1.73 bits per heavy atom. The van der Waals surface area contributed by atoms with Gasteiger partial charge in [-0.1, -0.05) is 26.0 Å². The smallest absolute Gasteiger partial charge is 0.243 e. The van der Waals surface area contributed by atoms with Crippen LogP contribution in [-0.4, -0.2) is 51.0 Å². The highest BCUT2D eigenvalue weighted by atomic mass is 32.2. The lowest BCUT2D eigenvalue weighted by Gasteiger charge is -2.32. The molecule has 0 atom stereocenters. The first-order valence-electron chi connectivity index (χ1n) is 8.74. The largest absolute Gasteiger partial charge is 0.369 e. The second kappa shape index (κ2) is 8.07. The number of benzene rings is 1. The van der Waals surface area contributed by atoms with E-state index in [-0.39, 0.29) is 24.3 Å². The molecule has 0 aromatic heterocycles. The minimum absolute atomic E-state index is 0.214. The molecule has 8 heteroatoms. The van der Waals surface area contributed by atoms with Crippen molar-refractivity contribution in [2.24, 2.45) is 11.7 Å². The summed E-state index contributed by atoms with van der Waals surface area (Å²) in [6.07, 6.45) is 2.13. The fraction of sp³-hybridized carbons (Fsp3) is 0.556.